The van der Waals surface area contributed by atoms with Gasteiger partial charge in [0.15, 0.2) is 0 Å². The summed E-state index contributed by atoms with van der Waals surface area (Å²) in [6.07, 6.45) is 2.73. The van der Waals surface area contributed by atoms with Crippen LogP contribution in [0.3, 0.4) is 0 Å². The summed E-state index contributed by atoms with van der Waals surface area (Å²) in [5, 5.41) is 11.2. The molecule has 1 amide bonds. The van der Waals surface area contributed by atoms with E-state index >= 15 is 4.39 Å². The molecule has 4 heterocycles. The van der Waals surface area contributed by atoms with Crippen molar-refractivity contribution in [2.24, 2.45) is 10.7 Å². The number of amides is 1. The molecule has 9 nitrogen and oxygen atoms in total. The number of hydrogen-bond acceptors (Lipinski definition) is 8. The van der Waals surface area contributed by atoms with E-state index in [-0.39, 0.29) is 23.0 Å². The quantitative estimate of drug-likeness (QED) is 0.521. The Hall–Kier alpha value is -3.07. The number of rotatable bonds is 3. The van der Waals surface area contributed by atoms with Crippen LogP contribution in [0.4, 0.5) is 10.2 Å². The van der Waals surface area contributed by atoms with Gasteiger partial charge in [-0.25, -0.2) is 14.4 Å². The second kappa shape index (κ2) is 8.30. The number of halogens is 1. The molecule has 34 heavy (non-hydrogen) atoms. The minimum atomic E-state index is -2.51. The van der Waals surface area contributed by atoms with E-state index in [1.54, 1.807) is 19.9 Å². The van der Waals surface area contributed by atoms with E-state index in [1.165, 1.54) is 18.3 Å². The zero-order valence-corrected chi connectivity index (χ0v) is 20.3. The first-order valence-corrected chi connectivity index (χ1v) is 12.6. The van der Waals surface area contributed by atoms with Gasteiger partial charge in [0.1, 0.15) is 40.5 Å². The van der Waals surface area contributed by atoms with Gasteiger partial charge in [-0.3, -0.25) is 14.5 Å². The average Bonchev–Trinajstić information content (AvgIpc) is 2.79. The number of aryl methyl sites for hydroxylation is 1. The number of nitrogens with one attached hydrogen (secondary N) is 2. The Morgan fingerprint density at radius 1 is 1.41 bits per heavy atom. The normalized spacial score (nSPS) is 27.8. The topological polar surface area (TPSA) is 149 Å². The van der Waals surface area contributed by atoms with Crippen molar-refractivity contribution in [3.05, 3.63) is 52.7 Å². The molecule has 0 saturated carbocycles. The second-order valence-corrected chi connectivity index (χ2v) is 12.4. The van der Waals surface area contributed by atoms with E-state index in [0.717, 1.165) is 6.42 Å². The summed E-state index contributed by atoms with van der Waals surface area (Å²) < 4.78 is 29.4. The van der Waals surface area contributed by atoms with Gasteiger partial charge < -0.3 is 15.6 Å². The molecule has 0 bridgehead atoms. The molecule has 0 unspecified atom stereocenters. The van der Waals surface area contributed by atoms with Gasteiger partial charge in [0.25, 0.3) is 5.91 Å². The minimum absolute atomic E-state index is 0.00730. The van der Waals surface area contributed by atoms with Crippen LogP contribution in [0, 0.1) is 24.1 Å². The van der Waals surface area contributed by atoms with Crippen LogP contribution >= 0.6 is 10.5 Å². The molecular weight excluding hydrogens is 457 g/mol. The monoisotopic (exact) mass is 485 g/mol. The molecule has 2 aliphatic rings. The van der Waals surface area contributed by atoms with Gasteiger partial charge >= 0.3 is 0 Å². The Labute approximate surface area is 199 Å². The summed E-state index contributed by atoms with van der Waals surface area (Å²) in [6, 6.07) is 6.12. The van der Waals surface area contributed by atoms with Gasteiger partial charge in [-0.15, -0.1) is 0 Å². The Balaban J connectivity index is 1.74. The molecule has 0 aliphatic carbocycles. The van der Waals surface area contributed by atoms with Gasteiger partial charge in [-0.05, 0) is 64.3 Å². The summed E-state index contributed by atoms with van der Waals surface area (Å²) in [4.78, 5) is 26.0. The van der Waals surface area contributed by atoms with Crippen molar-refractivity contribution >= 4 is 28.1 Å². The largest absolute Gasteiger partial charge is 0.386 e. The first-order valence-electron chi connectivity index (χ1n) is 10.9. The lowest BCUT2D eigenvalue weighted by Crippen LogP contribution is -2.62. The molecule has 0 aromatic carbocycles. The third kappa shape index (κ3) is 3.62. The molecule has 1 saturated heterocycles. The average molecular weight is 486 g/mol. The molecule has 0 spiro atoms. The fourth-order valence-electron chi connectivity index (χ4n) is 4.67. The van der Waals surface area contributed by atoms with Crippen LogP contribution in [0.25, 0.3) is 0 Å². The standard InChI is InChI=1S/C23H28FN7O2S/c1-13-10-14(11-25)12-27-18(13)20(32)30-17-8-7-15(24)19(29-17)23(4)16-6-5-9-28-34(16,33)22(2,3)21(26)31-23/h7-8,10,12,16,28,33H,5-6,9H2,1-4H3,(H2,26,31)(H,29,30,32)/t16-,23-/m0/s1. The number of hydrogen-bond donors (Lipinski definition) is 4. The maximum atomic E-state index is 15.2. The number of aliphatic imine (C=N–C) groups is 1. The van der Waals surface area contributed by atoms with Crippen molar-refractivity contribution in [1.29, 1.82) is 5.26 Å². The highest BCUT2D eigenvalue weighted by atomic mass is 32.3. The Kier molecular flexibility index (Phi) is 5.88. The van der Waals surface area contributed by atoms with Crippen molar-refractivity contribution < 1.29 is 13.7 Å². The molecule has 2 aromatic heterocycles. The lowest BCUT2D eigenvalue weighted by molar-refractivity contribution is 0.102. The first kappa shape index (κ1) is 24.1. The van der Waals surface area contributed by atoms with Crippen molar-refractivity contribution in [2.75, 3.05) is 11.9 Å². The summed E-state index contributed by atoms with van der Waals surface area (Å²) in [5.74, 6) is -0.788. The predicted octanol–water partition coefficient (Wildman–Crippen LogP) is 3.36. The Bertz CT molecular complexity index is 1240. The first-order chi connectivity index (χ1) is 15.9. The fraction of sp³-hybridized carbons (Fsp3) is 0.435. The summed E-state index contributed by atoms with van der Waals surface area (Å²) >= 11 is 0. The van der Waals surface area contributed by atoms with Crippen LogP contribution in [0.15, 0.2) is 29.4 Å². The third-order valence-electron chi connectivity index (χ3n) is 6.74. The lowest BCUT2D eigenvalue weighted by atomic mass is 9.89. The zero-order chi connectivity index (χ0) is 24.9. The van der Waals surface area contributed by atoms with Gasteiger partial charge in [0.05, 0.1) is 15.6 Å². The molecule has 11 heteroatoms. The van der Waals surface area contributed by atoms with Crippen LogP contribution < -0.4 is 15.8 Å². The summed E-state index contributed by atoms with van der Waals surface area (Å²) in [6.45, 7) is 7.74. The third-order valence-corrected chi connectivity index (χ3v) is 10.7. The second-order valence-electron chi connectivity index (χ2n) is 9.29. The Morgan fingerprint density at radius 2 is 2.15 bits per heavy atom. The molecular formula is C23H28FN7O2S. The van der Waals surface area contributed by atoms with E-state index in [1.807, 2.05) is 19.9 Å². The van der Waals surface area contributed by atoms with E-state index < -0.39 is 37.8 Å². The molecule has 2 aromatic rings. The van der Waals surface area contributed by atoms with Crippen LogP contribution in [-0.2, 0) is 5.54 Å². The molecule has 2 aliphatic heterocycles. The van der Waals surface area contributed by atoms with E-state index in [0.29, 0.717) is 24.1 Å². The molecule has 0 radical (unpaired) electrons. The number of amidine groups is 1. The van der Waals surface area contributed by atoms with Gasteiger partial charge in [0, 0.05) is 12.7 Å². The van der Waals surface area contributed by atoms with Crippen molar-refractivity contribution in [3.8, 4) is 6.07 Å². The highest BCUT2D eigenvalue weighted by molar-refractivity contribution is 8.29. The van der Waals surface area contributed by atoms with Gasteiger partial charge in [0.2, 0.25) is 0 Å². The van der Waals surface area contributed by atoms with Crippen LogP contribution in [0.2, 0.25) is 0 Å². The van der Waals surface area contributed by atoms with Gasteiger partial charge in [-0.1, -0.05) is 10.5 Å². The maximum absolute atomic E-state index is 15.2. The number of nitrogens with zero attached hydrogens (tertiary/aromatic N) is 4. The maximum Gasteiger partial charge on any atom is 0.275 e. The molecule has 5 N–H and O–H groups in total. The lowest BCUT2D eigenvalue weighted by Gasteiger charge is -2.61. The van der Waals surface area contributed by atoms with Crippen molar-refractivity contribution in [3.63, 3.8) is 0 Å². The summed E-state index contributed by atoms with van der Waals surface area (Å²) in [5.41, 5.74) is 6.10. The molecule has 180 valence electrons. The minimum Gasteiger partial charge on any atom is -0.386 e. The van der Waals surface area contributed by atoms with Crippen molar-refractivity contribution in [2.45, 2.75) is 56.1 Å². The van der Waals surface area contributed by atoms with E-state index in [4.69, 9.17) is 16.0 Å². The summed E-state index contributed by atoms with van der Waals surface area (Å²) in [7, 11) is -2.51. The van der Waals surface area contributed by atoms with Gasteiger partial charge in [-0.2, -0.15) is 5.26 Å². The molecule has 3 atom stereocenters. The highest BCUT2D eigenvalue weighted by Crippen LogP contribution is 2.66. The molecule has 1 fully saturated rings. The number of nitrogens with two attached hydrogens (primary N) is 1. The van der Waals surface area contributed by atoms with Crippen molar-refractivity contribution in [1.82, 2.24) is 14.7 Å². The number of fused-ring (bicyclic) bond motifs is 1. The smallest absolute Gasteiger partial charge is 0.275 e. The molecule has 4 rings (SSSR count). The number of aromatic nitrogens is 2. The van der Waals surface area contributed by atoms with Crippen LogP contribution in [0.1, 0.15) is 60.9 Å². The number of anilines is 1. The number of pyridine rings is 2. The number of carbonyl (C=O) groups excluding carboxylic acids is 1. The van der Waals surface area contributed by atoms with Crippen LogP contribution in [0.5, 0.6) is 0 Å². The van der Waals surface area contributed by atoms with Crippen LogP contribution in [-0.4, -0.2) is 42.8 Å². The number of nitriles is 1. The predicted molar refractivity (Wildman–Crippen MR) is 130 cm³/mol. The number of carbonyl (C=O) groups is 1. The Morgan fingerprint density at radius 3 is 2.82 bits per heavy atom. The SMILES string of the molecule is Cc1cc(C#N)cnc1C(=O)Nc1ccc(F)c([C@@]2(C)N=C(N)C(C)(C)[S@]3(O)NCCC[C@@H]23)n1. The fourth-order valence-corrected chi connectivity index (χ4v) is 8.10. The zero-order valence-electron chi connectivity index (χ0n) is 19.5. The highest BCUT2D eigenvalue weighted by Gasteiger charge is 2.60. The van der Waals surface area contributed by atoms with E-state index in [2.05, 4.69) is 20.0 Å². The van der Waals surface area contributed by atoms with E-state index in [9.17, 15) is 9.35 Å².